The van der Waals surface area contributed by atoms with E-state index in [0.29, 0.717) is 5.56 Å². The van der Waals surface area contributed by atoms with Gasteiger partial charge in [-0.2, -0.15) is 0 Å². The predicted molar refractivity (Wildman–Crippen MR) is 47.5 cm³/mol. The van der Waals surface area contributed by atoms with E-state index in [1.165, 1.54) is 0 Å². The van der Waals surface area contributed by atoms with Crippen molar-refractivity contribution < 1.29 is 9.90 Å². The molecule has 3 heteroatoms. The van der Waals surface area contributed by atoms with E-state index in [9.17, 15) is 9.90 Å². The van der Waals surface area contributed by atoms with Crippen molar-refractivity contribution in [2.45, 2.75) is 6.42 Å². The van der Waals surface area contributed by atoms with Crippen molar-refractivity contribution in [1.82, 2.24) is 0 Å². The molecule has 0 heterocycles. The molecule has 64 valence electrons. The lowest BCUT2D eigenvalue weighted by molar-refractivity contribution is -0.116. The molecule has 0 saturated carbocycles. The zero-order chi connectivity index (χ0) is 8.97. The highest BCUT2D eigenvalue weighted by Crippen LogP contribution is 2.16. The number of para-hydroxylation sites is 1. The normalized spacial score (nSPS) is 9.75. The van der Waals surface area contributed by atoms with E-state index in [1.807, 2.05) is 0 Å². The second kappa shape index (κ2) is 4.12. The average molecular weight is 185 g/mol. The Bertz CT molecular complexity index is 284. The van der Waals surface area contributed by atoms with Crippen molar-refractivity contribution >= 4 is 17.4 Å². The van der Waals surface area contributed by atoms with Gasteiger partial charge in [0.25, 0.3) is 0 Å². The average Bonchev–Trinajstić information content (AvgIpc) is 2.09. The molecule has 0 saturated heterocycles. The predicted octanol–water partition coefficient (Wildman–Crippen LogP) is 1.74. The summed E-state index contributed by atoms with van der Waals surface area (Å²) in [6.07, 6.45) is 0.205. The molecular formula is C9H9ClO2. The van der Waals surface area contributed by atoms with Gasteiger partial charge in [0.05, 0.1) is 5.88 Å². The summed E-state index contributed by atoms with van der Waals surface area (Å²) < 4.78 is 0. The number of halogens is 1. The Morgan fingerprint density at radius 2 is 2.08 bits per heavy atom. The monoisotopic (exact) mass is 184 g/mol. The number of ketones is 1. The van der Waals surface area contributed by atoms with Gasteiger partial charge < -0.3 is 5.11 Å². The summed E-state index contributed by atoms with van der Waals surface area (Å²) in [5, 5.41) is 9.26. The first-order valence-corrected chi connectivity index (χ1v) is 4.12. The fraction of sp³-hybridized carbons (Fsp3) is 0.222. The standard InChI is InChI=1S/C9H9ClO2/c10-6-8(11)5-7-3-1-2-4-9(7)12/h1-4,12H,5-6H2. The number of hydrogen-bond donors (Lipinski definition) is 1. The molecule has 0 aliphatic heterocycles. The summed E-state index contributed by atoms with van der Waals surface area (Å²) in [6, 6.07) is 6.75. The molecule has 0 bridgehead atoms. The van der Waals surface area contributed by atoms with Gasteiger partial charge in [-0.1, -0.05) is 18.2 Å². The van der Waals surface area contributed by atoms with Gasteiger partial charge >= 0.3 is 0 Å². The zero-order valence-corrected chi connectivity index (χ0v) is 7.21. The Balaban J connectivity index is 2.75. The first kappa shape index (κ1) is 9.07. The maximum atomic E-state index is 10.9. The van der Waals surface area contributed by atoms with Gasteiger partial charge in [0.15, 0.2) is 5.78 Å². The van der Waals surface area contributed by atoms with Crippen molar-refractivity contribution in [2.24, 2.45) is 0 Å². The fourth-order valence-electron chi connectivity index (χ4n) is 0.920. The molecule has 1 aromatic carbocycles. The van der Waals surface area contributed by atoms with Crippen molar-refractivity contribution in [3.63, 3.8) is 0 Å². The minimum Gasteiger partial charge on any atom is -0.508 e. The Hall–Kier alpha value is -1.02. The van der Waals surface area contributed by atoms with Crippen LogP contribution in [0.1, 0.15) is 5.56 Å². The lowest BCUT2D eigenvalue weighted by Crippen LogP contribution is -2.03. The number of phenols is 1. The number of Topliss-reactive ketones (excluding diaryl/α,β-unsaturated/α-hetero) is 1. The number of carbonyl (C=O) groups excluding carboxylic acids is 1. The van der Waals surface area contributed by atoms with Crippen LogP contribution in [-0.4, -0.2) is 16.8 Å². The van der Waals surface area contributed by atoms with E-state index in [1.54, 1.807) is 24.3 Å². The first-order valence-electron chi connectivity index (χ1n) is 3.58. The van der Waals surface area contributed by atoms with Crippen LogP contribution in [0.3, 0.4) is 0 Å². The summed E-state index contributed by atoms with van der Waals surface area (Å²) in [7, 11) is 0. The van der Waals surface area contributed by atoms with Crippen molar-refractivity contribution in [3.8, 4) is 5.75 Å². The van der Waals surface area contributed by atoms with Crippen molar-refractivity contribution in [1.29, 1.82) is 0 Å². The van der Waals surface area contributed by atoms with Crippen LogP contribution in [0.4, 0.5) is 0 Å². The topological polar surface area (TPSA) is 37.3 Å². The van der Waals surface area contributed by atoms with Gasteiger partial charge in [-0.25, -0.2) is 0 Å². The maximum Gasteiger partial charge on any atom is 0.152 e. The number of rotatable bonds is 3. The second-order valence-corrected chi connectivity index (χ2v) is 2.75. The third kappa shape index (κ3) is 2.24. The summed E-state index contributed by atoms with van der Waals surface area (Å²) >= 11 is 5.32. The molecule has 0 aliphatic carbocycles. The second-order valence-electron chi connectivity index (χ2n) is 2.48. The quantitative estimate of drug-likeness (QED) is 0.727. The Kier molecular flexibility index (Phi) is 3.11. The van der Waals surface area contributed by atoms with E-state index in [-0.39, 0.29) is 23.8 Å². The van der Waals surface area contributed by atoms with Gasteiger partial charge in [0, 0.05) is 12.0 Å². The molecule has 2 nitrogen and oxygen atoms in total. The van der Waals surface area contributed by atoms with E-state index in [2.05, 4.69) is 0 Å². The van der Waals surface area contributed by atoms with E-state index < -0.39 is 0 Å². The third-order valence-corrected chi connectivity index (χ3v) is 1.83. The Labute approximate surface area is 75.8 Å². The van der Waals surface area contributed by atoms with Gasteiger partial charge in [0.1, 0.15) is 5.75 Å². The Morgan fingerprint density at radius 3 is 2.67 bits per heavy atom. The van der Waals surface area contributed by atoms with Crippen LogP contribution in [0.5, 0.6) is 5.75 Å². The molecule has 1 N–H and O–H groups in total. The number of alkyl halides is 1. The summed E-state index contributed by atoms with van der Waals surface area (Å²) in [5.74, 6) is 0.0584. The largest absolute Gasteiger partial charge is 0.508 e. The summed E-state index contributed by atoms with van der Waals surface area (Å²) in [6.45, 7) is 0. The van der Waals surface area contributed by atoms with Crippen LogP contribution in [0, 0.1) is 0 Å². The van der Waals surface area contributed by atoms with Crippen LogP contribution in [0.2, 0.25) is 0 Å². The molecule has 0 spiro atoms. The fourth-order valence-corrected chi connectivity index (χ4v) is 1.01. The molecule has 0 radical (unpaired) electrons. The molecular weight excluding hydrogens is 176 g/mol. The zero-order valence-electron chi connectivity index (χ0n) is 6.46. The van der Waals surface area contributed by atoms with E-state index in [0.717, 1.165) is 0 Å². The lowest BCUT2D eigenvalue weighted by atomic mass is 10.1. The number of carbonyl (C=O) groups is 1. The molecule has 0 aromatic heterocycles. The first-order chi connectivity index (χ1) is 5.74. The van der Waals surface area contributed by atoms with Crippen LogP contribution in [0.25, 0.3) is 0 Å². The van der Waals surface area contributed by atoms with Crippen LogP contribution in [0.15, 0.2) is 24.3 Å². The molecule has 0 aliphatic rings. The van der Waals surface area contributed by atoms with Gasteiger partial charge in [0.2, 0.25) is 0 Å². The minimum atomic E-state index is -0.0850. The van der Waals surface area contributed by atoms with Gasteiger partial charge in [-0.3, -0.25) is 4.79 Å². The molecule has 12 heavy (non-hydrogen) atoms. The van der Waals surface area contributed by atoms with Crippen molar-refractivity contribution in [3.05, 3.63) is 29.8 Å². The van der Waals surface area contributed by atoms with Crippen molar-refractivity contribution in [2.75, 3.05) is 5.88 Å². The maximum absolute atomic E-state index is 10.9. The van der Waals surface area contributed by atoms with Crippen LogP contribution in [-0.2, 0) is 11.2 Å². The molecule has 0 fully saturated rings. The van der Waals surface area contributed by atoms with Gasteiger partial charge in [-0.15, -0.1) is 11.6 Å². The number of benzene rings is 1. The number of phenolic OH excluding ortho intramolecular Hbond substituents is 1. The highest BCUT2D eigenvalue weighted by atomic mass is 35.5. The molecule has 0 amide bonds. The van der Waals surface area contributed by atoms with Crippen LogP contribution < -0.4 is 0 Å². The third-order valence-electron chi connectivity index (χ3n) is 1.53. The van der Waals surface area contributed by atoms with E-state index in [4.69, 9.17) is 11.6 Å². The minimum absolute atomic E-state index is 0.00562. The lowest BCUT2D eigenvalue weighted by Gasteiger charge is -2.00. The molecule has 0 unspecified atom stereocenters. The van der Waals surface area contributed by atoms with E-state index >= 15 is 0 Å². The summed E-state index contributed by atoms with van der Waals surface area (Å²) in [5.41, 5.74) is 0.628. The highest BCUT2D eigenvalue weighted by molar-refractivity contribution is 6.27. The molecule has 1 rings (SSSR count). The SMILES string of the molecule is O=C(CCl)Cc1ccccc1O. The number of aromatic hydroxyl groups is 1. The van der Waals surface area contributed by atoms with Gasteiger partial charge in [-0.05, 0) is 6.07 Å². The highest BCUT2D eigenvalue weighted by Gasteiger charge is 2.04. The molecule has 0 atom stereocenters. The van der Waals surface area contributed by atoms with Crippen LogP contribution >= 0.6 is 11.6 Å². The summed E-state index contributed by atoms with van der Waals surface area (Å²) in [4.78, 5) is 10.9. The smallest absolute Gasteiger partial charge is 0.152 e. The Morgan fingerprint density at radius 1 is 1.42 bits per heavy atom. The molecule has 1 aromatic rings. The number of hydrogen-bond acceptors (Lipinski definition) is 2.